The van der Waals surface area contributed by atoms with Gasteiger partial charge in [-0.05, 0) is 125 Å². The number of fused-ring (bicyclic) bond motifs is 7. The Morgan fingerprint density at radius 1 is 0.758 bits per heavy atom. The van der Waals surface area contributed by atoms with Gasteiger partial charge >= 0.3 is 12.2 Å². The minimum Gasteiger partial charge on any atom is -0.429 e. The summed E-state index contributed by atoms with van der Waals surface area (Å²) in [4.78, 5) is 147. The van der Waals surface area contributed by atoms with E-state index in [1.807, 2.05) is 6.92 Å². The molecule has 37 heteroatoms. The van der Waals surface area contributed by atoms with Gasteiger partial charge < -0.3 is 105 Å². The van der Waals surface area contributed by atoms with Crippen LogP contribution in [0, 0.1) is 40.4 Å². The van der Waals surface area contributed by atoms with Crippen molar-refractivity contribution in [2.24, 2.45) is 46.2 Å². The van der Waals surface area contributed by atoms with Crippen molar-refractivity contribution in [2.45, 2.75) is 236 Å². The van der Waals surface area contributed by atoms with Crippen molar-refractivity contribution in [3.8, 4) is 0 Å². The van der Waals surface area contributed by atoms with Crippen molar-refractivity contribution in [3.63, 3.8) is 0 Å². The summed E-state index contributed by atoms with van der Waals surface area (Å²) in [6, 6.07) is 4.18. The molecule has 5 aliphatic carbocycles. The van der Waals surface area contributed by atoms with Crippen LogP contribution >= 0.6 is 0 Å². The highest BCUT2D eigenvalue weighted by molar-refractivity contribution is 6.13. The quantitative estimate of drug-likeness (QED) is 0.0253. The lowest BCUT2D eigenvalue weighted by molar-refractivity contribution is -0.266. The number of ketones is 4. The summed E-state index contributed by atoms with van der Waals surface area (Å²) in [5.74, 6) is -8.81. The monoisotopic (exact) mass is 1700 g/mol. The smallest absolute Gasteiger partial charge is 0.429 e. The van der Waals surface area contributed by atoms with Gasteiger partial charge in [0.2, 0.25) is 23.5 Å². The van der Waals surface area contributed by atoms with E-state index in [0.717, 1.165) is 30.2 Å². The fourth-order valence-corrected chi connectivity index (χ4v) is 18.3. The first-order chi connectivity index (χ1) is 57.4. The Morgan fingerprint density at radius 3 is 2.12 bits per heavy atom. The molecule has 3 saturated carbocycles. The molecule has 1 aromatic rings. The molecule has 5 fully saturated rings. The molecule has 19 atom stereocenters. The first-order valence-electron chi connectivity index (χ1n) is 41.9. The Bertz CT molecular complexity index is 3890. The summed E-state index contributed by atoms with van der Waals surface area (Å²) in [7, 11) is 0. The van der Waals surface area contributed by atoms with Crippen molar-refractivity contribution in [1.29, 1.82) is 0 Å². The zero-order chi connectivity index (χ0) is 86.6. The number of benzene rings is 1. The Hall–Kier alpha value is -8.15. The zero-order valence-electron chi connectivity index (χ0n) is 68.8. The van der Waals surface area contributed by atoms with Crippen LogP contribution in [-0.4, -0.2) is 271 Å². The molecule has 13 N–H and O–H groups in total. The molecule has 4 heterocycles. The zero-order valence-corrected chi connectivity index (χ0v) is 68.8. The van der Waals surface area contributed by atoms with E-state index in [0.29, 0.717) is 55.5 Å². The van der Waals surface area contributed by atoms with Gasteiger partial charge in [-0.2, -0.15) is 0 Å². The number of anilines is 1. The van der Waals surface area contributed by atoms with Crippen molar-refractivity contribution in [3.05, 3.63) is 77.2 Å². The van der Waals surface area contributed by atoms with Gasteiger partial charge in [-0.25, -0.2) is 18.4 Å². The number of unbranched alkanes of at least 4 members (excludes halogenated alkanes) is 1. The number of aliphatic hydroxyl groups is 5. The molecule has 2 saturated heterocycles. The summed E-state index contributed by atoms with van der Waals surface area (Å²) >= 11 is 0. The number of halogens is 2. The predicted molar refractivity (Wildman–Crippen MR) is 420 cm³/mol. The number of Topliss-reactive ketones (excluding diaryl/α,β-unsaturated/α-hetero) is 3. The number of allylic oxidation sites excluding steroid dienone is 5. The Labute approximate surface area is 695 Å². The van der Waals surface area contributed by atoms with Crippen LogP contribution < -0.4 is 38.0 Å². The molecule has 2 unspecified atom stereocenters. The second kappa shape index (κ2) is 43.3. The number of nitrogens with zero attached hydrogens (tertiary/aromatic N) is 2. The number of hydrogen-bond acceptors (Lipinski definition) is 29. The number of carbonyl (C=O) groups excluding carboxylic acids is 11. The van der Waals surface area contributed by atoms with Gasteiger partial charge in [0.05, 0.1) is 95.7 Å². The van der Waals surface area contributed by atoms with Gasteiger partial charge in [0.1, 0.15) is 55.7 Å². The largest absolute Gasteiger partial charge is 0.509 e. The maximum atomic E-state index is 18.0. The highest BCUT2D eigenvalue weighted by atomic mass is 19.1. The molecule has 1 aromatic carbocycles. The van der Waals surface area contributed by atoms with Gasteiger partial charge in [-0.1, -0.05) is 71.6 Å². The first kappa shape index (κ1) is 94.1. The molecule has 666 valence electrons. The van der Waals surface area contributed by atoms with E-state index >= 15 is 8.78 Å². The lowest BCUT2D eigenvalue weighted by atomic mass is 9.44. The fraction of sp³-hybridized carbons (Fsp3) is 0.699. The number of carbonyl (C=O) groups is 11. The summed E-state index contributed by atoms with van der Waals surface area (Å²) in [5.41, 5.74) is 5.99. The van der Waals surface area contributed by atoms with Gasteiger partial charge in [0.25, 0.3) is 11.8 Å². The average Bonchev–Trinajstić information content (AvgIpc) is 1.11. The van der Waals surface area contributed by atoms with E-state index < -0.39 is 180 Å². The Morgan fingerprint density at radius 2 is 1.43 bits per heavy atom. The number of rotatable bonds is 46. The first-order valence-corrected chi connectivity index (χ1v) is 41.9. The molecule has 0 radical (unpaired) electrons. The van der Waals surface area contributed by atoms with Gasteiger partial charge in [0.15, 0.2) is 42.0 Å². The molecule has 9 aliphatic rings. The topological polar surface area (TPSA) is 486 Å². The third kappa shape index (κ3) is 22.3. The molecule has 4 aliphatic heterocycles. The maximum absolute atomic E-state index is 18.0. The van der Waals surface area contributed by atoms with E-state index in [-0.39, 0.29) is 172 Å². The van der Waals surface area contributed by atoms with Crippen molar-refractivity contribution >= 4 is 70.5 Å². The highest BCUT2D eigenvalue weighted by Crippen LogP contribution is 2.72. The predicted octanol–water partition coefficient (Wildman–Crippen LogP) is 3.15. The van der Waals surface area contributed by atoms with Crippen LogP contribution in [0.3, 0.4) is 0 Å². The molecule has 7 amide bonds. The van der Waals surface area contributed by atoms with E-state index in [9.17, 15) is 78.3 Å². The van der Waals surface area contributed by atoms with E-state index in [1.165, 1.54) is 48.4 Å². The standard InChI is InChI=1S/C83H119F2N9O26/c1-6-13-69-119-65-42-55-56-41-58(84)57-40-53(96)24-26-80(57,4)82(56,85)63(99)43-81(55,5)83(65,120-69)64(100)46-117-79(110)116-45-49-18-20-52(21-19-49)89-75(107)51(15-12-28-88-78(86)109)39-60(98)70(48(2)3)90-76(108)50(38-54(97)25-30-111-32-34-113-36-37-114-35-33-112-31-29-93-67(102)22-23-68(93)103)14-10-11-27-87-66(101)47-115-61-17-9-7-8-16-59-71(61)91-92-94(59)77-74(106)73(105)72(104)62(44-95)118-77/h18-24,26,40,48,50-51,55-56,58,61-63,65,69-70,72-74,77,91-92,95,99,104-106H,6-17,25,27-39,41-47H2,1-5H3,(H,87,101)(H,89,107)(H,90,108)(H3,86,88,109)/t50-,51+,55-,56-,58-,61?,62+,63-,65+,69?,70-,72-,73-,74+,77+,80-,81-,82-,83+/m0/s1. The van der Waals surface area contributed by atoms with E-state index in [4.69, 9.17) is 53.1 Å². The molecular formula is C83H119F2N9O26. The molecule has 0 aromatic heterocycles. The second-order valence-corrected chi connectivity index (χ2v) is 33.0. The fourth-order valence-electron chi connectivity index (χ4n) is 18.3. The molecule has 35 nitrogen and oxygen atoms in total. The number of hydrogen-bond donors (Lipinski definition) is 12. The molecular weight excluding hydrogens is 1580 g/mol. The average molecular weight is 1700 g/mol. The number of hydrazine groups is 2. The van der Waals surface area contributed by atoms with Crippen molar-refractivity contribution in [1.82, 2.24) is 36.8 Å². The molecule has 10 rings (SSSR count). The second-order valence-electron chi connectivity index (χ2n) is 33.0. The van der Waals surface area contributed by atoms with E-state index in [1.54, 1.807) is 32.9 Å². The van der Waals surface area contributed by atoms with Crippen molar-refractivity contribution in [2.75, 3.05) is 97.6 Å². The minimum absolute atomic E-state index is 0.00509. The van der Waals surface area contributed by atoms with Gasteiger partial charge in [-0.3, -0.25) is 53.1 Å². The molecule has 0 spiro atoms. The van der Waals surface area contributed by atoms with Crippen LogP contribution in [0.1, 0.15) is 156 Å². The normalized spacial score (nSPS) is 30.0. The third-order valence-corrected chi connectivity index (χ3v) is 24.7. The third-order valence-electron chi connectivity index (χ3n) is 24.7. The van der Waals surface area contributed by atoms with Gasteiger partial charge in [-0.15, -0.1) is 5.53 Å². The number of aliphatic hydroxyl groups excluding tert-OH is 5. The van der Waals surface area contributed by atoms with Crippen LogP contribution in [0.25, 0.3) is 0 Å². The highest BCUT2D eigenvalue weighted by Gasteiger charge is 2.80. The SMILES string of the molecule is CCCC1O[C@@H]2C[C@H]3[C@@H]4C[C@H](F)C5=CC(=O)C=C[C@]5(C)[C@@]4(F)[C@@H](O)C[C@]3(C)[C@]2(C(=O)COC(=O)OCc2ccc(NC(=O)[C@H](CCCNC(N)=O)CC(=O)[C@@H](NC(=O)[C@@H](CCCCNC(=O)COC3CCCCCC4=C3NNN4[C@@H]3O[C@H](CO)[C@H](O)[C@H](O)[C@H]3O)CC(=O)CCOCCOCCOCCOCCN3C(=O)C=CC3=O)C(C)C)cc2)O1. The van der Waals surface area contributed by atoms with Crippen LogP contribution in [0.2, 0.25) is 0 Å². The number of nitrogens with two attached hydrogens (primary N) is 1. The summed E-state index contributed by atoms with van der Waals surface area (Å²) in [5, 5.41) is 66.3. The Balaban J connectivity index is 0.714. The van der Waals surface area contributed by atoms with Gasteiger partial charge in [0, 0.05) is 78.8 Å². The maximum Gasteiger partial charge on any atom is 0.509 e. The minimum atomic E-state index is -2.43. The number of primary amides is 1. The lowest BCUT2D eigenvalue weighted by Crippen LogP contribution is -2.71. The van der Waals surface area contributed by atoms with Crippen molar-refractivity contribution < 1.29 is 134 Å². The molecule has 0 bridgehead atoms. The number of urea groups is 1. The number of amides is 7. The molecule has 120 heavy (non-hydrogen) atoms. The Kier molecular flexibility index (Phi) is 33.9. The summed E-state index contributed by atoms with van der Waals surface area (Å²) < 4.78 is 92.3. The van der Waals surface area contributed by atoms with Crippen LogP contribution in [0.15, 0.2) is 71.6 Å². The summed E-state index contributed by atoms with van der Waals surface area (Å²) in [6.45, 7) is 8.15. The summed E-state index contributed by atoms with van der Waals surface area (Å²) in [6.07, 6.45) is -3.91. The van der Waals surface area contributed by atoms with E-state index in [2.05, 4.69) is 32.2 Å². The van der Waals surface area contributed by atoms with Crippen LogP contribution in [0.5, 0.6) is 0 Å². The number of imide groups is 1. The van der Waals surface area contributed by atoms with Crippen LogP contribution in [-0.2, 0) is 97.1 Å². The number of ether oxygens (including phenoxy) is 10. The number of alkyl halides is 2. The lowest BCUT2D eigenvalue weighted by Gasteiger charge is -2.63. The van der Waals surface area contributed by atoms with Crippen LogP contribution in [0.4, 0.5) is 24.1 Å². The number of nitrogens with one attached hydrogen (secondary N) is 6.